The van der Waals surface area contributed by atoms with Gasteiger partial charge in [-0.05, 0) is 44.9 Å². The number of carbonyl (C=O) groups excluding carboxylic acids is 1. The Bertz CT molecular complexity index is 782. The topological polar surface area (TPSA) is 44.1 Å². The zero-order chi connectivity index (χ0) is 18.0. The van der Waals surface area contributed by atoms with Crippen LogP contribution in [0, 0.1) is 19.7 Å². The number of ether oxygens (including phenoxy) is 1. The molecule has 25 heavy (non-hydrogen) atoms. The summed E-state index contributed by atoms with van der Waals surface area (Å²) in [5, 5.41) is 0.880. The average Bonchev–Trinajstić information content (AvgIpc) is 3.21. The number of aryl methyl sites for hydroxylation is 1. The largest absolute Gasteiger partial charge is 0.496 e. The van der Waals surface area contributed by atoms with Crippen LogP contribution < -0.4 is 4.74 Å². The minimum atomic E-state index is -0.437. The van der Waals surface area contributed by atoms with E-state index in [1.54, 1.807) is 0 Å². The minimum Gasteiger partial charge on any atom is -0.496 e. The van der Waals surface area contributed by atoms with E-state index < -0.39 is 5.82 Å². The lowest BCUT2D eigenvalue weighted by Crippen LogP contribution is -2.10. The van der Waals surface area contributed by atoms with Crippen LogP contribution in [0.1, 0.15) is 53.5 Å². The molecule has 0 bridgehead atoms. The summed E-state index contributed by atoms with van der Waals surface area (Å²) in [5.41, 5.74) is 2.46. The third kappa shape index (κ3) is 3.73. The van der Waals surface area contributed by atoms with Crippen LogP contribution in [0.25, 0.3) is 0 Å². The second-order valence-corrected chi connectivity index (χ2v) is 7.37. The Morgan fingerprint density at radius 3 is 2.76 bits per heavy atom. The molecule has 0 radical (unpaired) electrons. The molecule has 134 valence electrons. The van der Waals surface area contributed by atoms with Crippen molar-refractivity contribution >= 4 is 17.5 Å². The maximum Gasteiger partial charge on any atom is 0.177 e. The van der Waals surface area contributed by atoms with Gasteiger partial charge in [-0.3, -0.25) is 4.79 Å². The zero-order valence-corrected chi connectivity index (χ0v) is 15.7. The molecule has 0 aliphatic heterocycles. The summed E-state index contributed by atoms with van der Waals surface area (Å²) in [7, 11) is 1.48. The molecular weight excluding hydrogens is 339 g/mol. The van der Waals surface area contributed by atoms with Crippen LogP contribution in [-0.4, -0.2) is 28.2 Å². The Morgan fingerprint density at radius 2 is 2.08 bits per heavy atom. The first-order chi connectivity index (χ1) is 12.0. The number of methoxy groups -OCH3 is 1. The molecule has 1 aliphatic carbocycles. The number of ketones is 1. The van der Waals surface area contributed by atoms with Crippen LogP contribution in [0.5, 0.6) is 5.75 Å². The van der Waals surface area contributed by atoms with Gasteiger partial charge >= 0.3 is 0 Å². The van der Waals surface area contributed by atoms with Crippen molar-refractivity contribution in [3.63, 3.8) is 0 Å². The van der Waals surface area contributed by atoms with Crippen LogP contribution in [0.2, 0.25) is 0 Å². The third-order valence-electron chi connectivity index (χ3n) is 4.84. The van der Waals surface area contributed by atoms with Crippen molar-refractivity contribution in [1.82, 2.24) is 9.55 Å². The predicted molar refractivity (Wildman–Crippen MR) is 97.2 cm³/mol. The van der Waals surface area contributed by atoms with Crippen molar-refractivity contribution < 1.29 is 13.9 Å². The van der Waals surface area contributed by atoms with Gasteiger partial charge in [-0.2, -0.15) is 0 Å². The maximum atomic E-state index is 13.5. The number of benzene rings is 1. The van der Waals surface area contributed by atoms with E-state index in [0.717, 1.165) is 23.7 Å². The Morgan fingerprint density at radius 1 is 1.36 bits per heavy atom. The van der Waals surface area contributed by atoms with Crippen molar-refractivity contribution in [2.75, 3.05) is 12.9 Å². The first kappa shape index (κ1) is 18.0. The Kier molecular flexibility index (Phi) is 5.47. The van der Waals surface area contributed by atoms with Gasteiger partial charge in [0.15, 0.2) is 10.9 Å². The van der Waals surface area contributed by atoms with Gasteiger partial charge in [0.05, 0.1) is 24.1 Å². The van der Waals surface area contributed by atoms with E-state index in [1.165, 1.54) is 55.6 Å². The molecule has 1 aromatic heterocycles. The second kappa shape index (κ2) is 7.60. The van der Waals surface area contributed by atoms with Crippen molar-refractivity contribution in [3.05, 3.63) is 41.0 Å². The fraction of sp³-hybridized carbons (Fsp3) is 0.474. The van der Waals surface area contributed by atoms with Gasteiger partial charge in [0, 0.05) is 11.7 Å². The van der Waals surface area contributed by atoms with Gasteiger partial charge in [0.25, 0.3) is 0 Å². The summed E-state index contributed by atoms with van der Waals surface area (Å²) in [6, 6.07) is 4.49. The van der Waals surface area contributed by atoms with Gasteiger partial charge in [-0.1, -0.05) is 24.6 Å². The number of Topliss-reactive ketones (excluding diaryl/α,β-unsaturated/α-hetero) is 1. The number of nitrogens with zero attached hydrogens (tertiary/aromatic N) is 2. The number of hydrogen-bond acceptors (Lipinski definition) is 4. The highest BCUT2D eigenvalue weighted by Crippen LogP contribution is 2.35. The first-order valence-corrected chi connectivity index (χ1v) is 9.54. The van der Waals surface area contributed by atoms with Crippen LogP contribution in [0.3, 0.4) is 0 Å². The molecule has 1 aliphatic rings. The van der Waals surface area contributed by atoms with Crippen molar-refractivity contribution in [1.29, 1.82) is 0 Å². The summed E-state index contributed by atoms with van der Waals surface area (Å²) >= 11 is 1.42. The van der Waals surface area contributed by atoms with Crippen molar-refractivity contribution in [2.45, 2.75) is 50.7 Å². The smallest absolute Gasteiger partial charge is 0.177 e. The molecule has 1 fully saturated rings. The van der Waals surface area contributed by atoms with Gasteiger partial charge in [0.1, 0.15) is 11.6 Å². The highest BCUT2D eigenvalue weighted by molar-refractivity contribution is 7.99. The highest BCUT2D eigenvalue weighted by atomic mass is 32.2. The Labute approximate surface area is 151 Å². The van der Waals surface area contributed by atoms with Gasteiger partial charge in [-0.15, -0.1) is 0 Å². The summed E-state index contributed by atoms with van der Waals surface area (Å²) in [6.45, 7) is 4.09. The monoisotopic (exact) mass is 362 g/mol. The molecule has 4 nitrogen and oxygen atoms in total. The SMILES string of the molecule is COc1ccc(F)cc1C(=O)CSc1nc(C)c(C)n1C1CCCC1. The van der Waals surface area contributed by atoms with Crippen LogP contribution in [-0.2, 0) is 0 Å². The summed E-state index contributed by atoms with van der Waals surface area (Å²) in [5.74, 6) is 0.0204. The van der Waals surface area contributed by atoms with Crippen molar-refractivity contribution in [3.8, 4) is 5.75 Å². The lowest BCUT2D eigenvalue weighted by molar-refractivity contribution is 0.101. The third-order valence-corrected chi connectivity index (χ3v) is 5.79. The molecule has 6 heteroatoms. The van der Waals surface area contributed by atoms with Gasteiger partial charge in [-0.25, -0.2) is 9.37 Å². The fourth-order valence-electron chi connectivity index (χ4n) is 3.40. The molecule has 0 saturated heterocycles. The number of imidazole rings is 1. The summed E-state index contributed by atoms with van der Waals surface area (Å²) in [6.07, 6.45) is 4.81. The standard InChI is InChI=1S/C19H23FN2O2S/c1-12-13(2)22(15-6-4-5-7-15)19(21-12)25-11-17(23)16-10-14(20)8-9-18(16)24-3/h8-10,15H,4-7,11H2,1-3H3. The predicted octanol–water partition coefficient (Wildman–Crippen LogP) is 4.74. The van der Waals surface area contributed by atoms with Crippen LogP contribution in [0.4, 0.5) is 4.39 Å². The van der Waals surface area contributed by atoms with E-state index in [4.69, 9.17) is 4.74 Å². The molecule has 0 amide bonds. The Balaban J connectivity index is 1.79. The molecule has 3 rings (SSSR count). The minimum absolute atomic E-state index is 0.155. The lowest BCUT2D eigenvalue weighted by Gasteiger charge is -2.17. The normalized spacial score (nSPS) is 14.9. The molecule has 0 unspecified atom stereocenters. The summed E-state index contributed by atoms with van der Waals surface area (Å²) in [4.78, 5) is 17.2. The number of carbonyl (C=O) groups is 1. The molecule has 0 N–H and O–H groups in total. The molecule has 1 saturated carbocycles. The van der Waals surface area contributed by atoms with Crippen molar-refractivity contribution in [2.24, 2.45) is 0 Å². The second-order valence-electron chi connectivity index (χ2n) is 6.43. The molecular formula is C19H23FN2O2S. The number of aromatic nitrogens is 2. The molecule has 0 spiro atoms. The van der Waals surface area contributed by atoms with Gasteiger partial charge in [0.2, 0.25) is 0 Å². The number of halogens is 1. The number of rotatable bonds is 6. The molecule has 0 atom stereocenters. The van der Waals surface area contributed by atoms with Crippen LogP contribution in [0.15, 0.2) is 23.4 Å². The highest BCUT2D eigenvalue weighted by Gasteiger charge is 2.24. The molecule has 1 heterocycles. The average molecular weight is 362 g/mol. The van der Waals surface area contributed by atoms with Crippen LogP contribution >= 0.6 is 11.8 Å². The molecule has 1 aromatic carbocycles. The quantitative estimate of drug-likeness (QED) is 0.550. The Hall–Kier alpha value is -1.82. The van der Waals surface area contributed by atoms with Gasteiger partial charge < -0.3 is 9.30 Å². The number of thioether (sulfide) groups is 1. The van der Waals surface area contributed by atoms with E-state index in [1.807, 2.05) is 6.92 Å². The lowest BCUT2D eigenvalue weighted by atomic mass is 10.1. The van der Waals surface area contributed by atoms with E-state index in [0.29, 0.717) is 11.8 Å². The summed E-state index contributed by atoms with van der Waals surface area (Å²) < 4.78 is 21.0. The molecule has 2 aromatic rings. The van der Waals surface area contributed by atoms with E-state index in [2.05, 4.69) is 16.5 Å². The fourth-order valence-corrected chi connectivity index (χ4v) is 4.44. The number of hydrogen-bond donors (Lipinski definition) is 0. The van der Waals surface area contributed by atoms with E-state index in [9.17, 15) is 9.18 Å². The first-order valence-electron chi connectivity index (χ1n) is 8.56. The van der Waals surface area contributed by atoms with E-state index >= 15 is 0 Å². The maximum absolute atomic E-state index is 13.5. The zero-order valence-electron chi connectivity index (χ0n) is 14.8. The van der Waals surface area contributed by atoms with E-state index in [-0.39, 0.29) is 17.1 Å².